The van der Waals surface area contributed by atoms with Crippen molar-refractivity contribution < 1.29 is 5.11 Å². The predicted molar refractivity (Wildman–Crippen MR) is 68.6 cm³/mol. The van der Waals surface area contributed by atoms with Gasteiger partial charge in [-0.1, -0.05) is 30.3 Å². The van der Waals surface area contributed by atoms with E-state index in [9.17, 15) is 0 Å². The second kappa shape index (κ2) is 6.28. The van der Waals surface area contributed by atoms with E-state index in [-0.39, 0.29) is 6.61 Å². The molecule has 0 unspecified atom stereocenters. The number of aryl methyl sites for hydroxylation is 1. The molecule has 0 saturated heterocycles. The lowest BCUT2D eigenvalue weighted by Crippen LogP contribution is -2.27. The van der Waals surface area contributed by atoms with Crippen LogP contribution >= 0.6 is 0 Å². The third-order valence-corrected chi connectivity index (χ3v) is 2.84. The normalized spacial score (nSPS) is 11.1. The molecule has 1 heterocycles. The zero-order valence-corrected chi connectivity index (χ0v) is 10.5. The van der Waals surface area contributed by atoms with Gasteiger partial charge in [-0.15, -0.1) is 0 Å². The van der Waals surface area contributed by atoms with Crippen molar-refractivity contribution in [3.05, 3.63) is 48.0 Å². The van der Waals surface area contributed by atoms with E-state index < -0.39 is 0 Å². The number of nitrogens with zero attached hydrogens (tertiary/aromatic N) is 4. The lowest BCUT2D eigenvalue weighted by Gasteiger charge is -2.20. The van der Waals surface area contributed by atoms with Gasteiger partial charge in [-0.25, -0.2) is 4.98 Å². The zero-order chi connectivity index (χ0) is 12.8. The predicted octanol–water partition coefficient (Wildman–Crippen LogP) is 0.810. The number of aliphatic hydroxyl groups excluding tert-OH is 1. The summed E-state index contributed by atoms with van der Waals surface area (Å²) in [5, 5.41) is 13.2. The van der Waals surface area contributed by atoms with Crippen molar-refractivity contribution in [1.82, 2.24) is 19.7 Å². The molecule has 0 spiro atoms. The lowest BCUT2D eigenvalue weighted by atomic mass is 10.2. The largest absolute Gasteiger partial charge is 0.395 e. The van der Waals surface area contributed by atoms with Gasteiger partial charge in [0.15, 0.2) is 0 Å². The highest BCUT2D eigenvalue weighted by Gasteiger charge is 2.09. The quantitative estimate of drug-likeness (QED) is 0.819. The Bertz CT molecular complexity index is 469. The van der Waals surface area contributed by atoms with Crippen LogP contribution < -0.4 is 0 Å². The van der Waals surface area contributed by atoms with Crippen LogP contribution in [0.5, 0.6) is 0 Å². The molecule has 1 N–H and O–H groups in total. The Morgan fingerprint density at radius 3 is 2.61 bits per heavy atom. The molecular weight excluding hydrogens is 228 g/mol. The van der Waals surface area contributed by atoms with Crippen LogP contribution in [0.2, 0.25) is 0 Å². The molecule has 18 heavy (non-hydrogen) atoms. The first-order valence-corrected chi connectivity index (χ1v) is 5.99. The molecule has 0 aliphatic heterocycles. The second-order valence-corrected chi connectivity index (χ2v) is 4.22. The van der Waals surface area contributed by atoms with Gasteiger partial charge in [-0.2, -0.15) is 5.10 Å². The highest BCUT2D eigenvalue weighted by Crippen LogP contribution is 2.07. The first-order chi connectivity index (χ1) is 8.79. The van der Waals surface area contributed by atoms with Gasteiger partial charge in [0.05, 0.1) is 13.2 Å². The minimum absolute atomic E-state index is 0.144. The second-order valence-electron chi connectivity index (χ2n) is 4.22. The van der Waals surface area contributed by atoms with E-state index in [1.54, 1.807) is 11.0 Å². The van der Waals surface area contributed by atoms with E-state index in [0.29, 0.717) is 13.1 Å². The van der Waals surface area contributed by atoms with Crippen LogP contribution in [0.1, 0.15) is 11.4 Å². The molecular formula is C13H18N4O. The van der Waals surface area contributed by atoms with Gasteiger partial charge in [0, 0.05) is 20.1 Å². The van der Waals surface area contributed by atoms with Crippen molar-refractivity contribution in [2.75, 3.05) is 13.2 Å². The Balaban J connectivity index is 2.02. The van der Waals surface area contributed by atoms with Crippen molar-refractivity contribution in [2.45, 2.75) is 13.1 Å². The third-order valence-electron chi connectivity index (χ3n) is 2.84. The van der Waals surface area contributed by atoms with Crippen molar-refractivity contribution in [3.8, 4) is 0 Å². The van der Waals surface area contributed by atoms with Crippen LogP contribution in [0.15, 0.2) is 36.7 Å². The molecule has 5 nitrogen and oxygen atoms in total. The molecule has 0 fully saturated rings. The maximum atomic E-state index is 9.13. The first-order valence-electron chi connectivity index (χ1n) is 5.99. The van der Waals surface area contributed by atoms with Crippen LogP contribution in [-0.2, 0) is 20.1 Å². The number of aliphatic hydroxyl groups is 1. The Morgan fingerprint density at radius 2 is 2.00 bits per heavy atom. The van der Waals surface area contributed by atoms with Crippen molar-refractivity contribution in [3.63, 3.8) is 0 Å². The van der Waals surface area contributed by atoms with E-state index in [1.165, 1.54) is 5.56 Å². The Labute approximate surface area is 107 Å². The highest BCUT2D eigenvalue weighted by atomic mass is 16.3. The van der Waals surface area contributed by atoms with Crippen LogP contribution in [0.25, 0.3) is 0 Å². The van der Waals surface area contributed by atoms with Gasteiger partial charge in [0.2, 0.25) is 0 Å². The fourth-order valence-electron chi connectivity index (χ4n) is 1.86. The Hall–Kier alpha value is -1.72. The smallest absolute Gasteiger partial charge is 0.140 e. The molecule has 0 aliphatic rings. The molecule has 0 saturated carbocycles. The van der Waals surface area contributed by atoms with E-state index >= 15 is 0 Å². The average Bonchev–Trinajstić information content (AvgIpc) is 2.77. The van der Waals surface area contributed by atoms with E-state index in [1.807, 2.05) is 25.2 Å². The van der Waals surface area contributed by atoms with Crippen LogP contribution in [0.4, 0.5) is 0 Å². The van der Waals surface area contributed by atoms with Crippen molar-refractivity contribution >= 4 is 0 Å². The average molecular weight is 246 g/mol. The van der Waals surface area contributed by atoms with Crippen LogP contribution in [-0.4, -0.2) is 37.9 Å². The summed E-state index contributed by atoms with van der Waals surface area (Å²) < 4.78 is 1.76. The van der Waals surface area contributed by atoms with Gasteiger partial charge >= 0.3 is 0 Å². The maximum absolute atomic E-state index is 9.13. The number of benzene rings is 1. The molecule has 2 aromatic rings. The molecule has 2 rings (SSSR count). The summed E-state index contributed by atoms with van der Waals surface area (Å²) in [6, 6.07) is 10.2. The summed E-state index contributed by atoms with van der Waals surface area (Å²) >= 11 is 0. The Morgan fingerprint density at radius 1 is 1.22 bits per heavy atom. The summed E-state index contributed by atoms with van der Waals surface area (Å²) in [5.41, 5.74) is 1.23. The standard InChI is InChI=1S/C13H18N4O/c1-16-13(14-11-15-16)10-17(7-8-18)9-12-5-3-2-4-6-12/h2-6,11,18H,7-10H2,1H3. The molecule has 1 aromatic heterocycles. The van der Waals surface area contributed by atoms with Gasteiger partial charge in [-0.3, -0.25) is 9.58 Å². The van der Waals surface area contributed by atoms with E-state index in [4.69, 9.17) is 5.11 Å². The molecule has 0 bridgehead atoms. The SMILES string of the molecule is Cn1ncnc1CN(CCO)Cc1ccccc1. The van der Waals surface area contributed by atoms with Gasteiger partial charge < -0.3 is 5.11 Å². The number of rotatable bonds is 6. The topological polar surface area (TPSA) is 54.2 Å². The molecule has 96 valence electrons. The maximum Gasteiger partial charge on any atom is 0.140 e. The van der Waals surface area contributed by atoms with E-state index in [0.717, 1.165) is 12.4 Å². The summed E-state index contributed by atoms with van der Waals surface area (Å²) in [6.07, 6.45) is 1.55. The molecule has 0 aliphatic carbocycles. The van der Waals surface area contributed by atoms with Gasteiger partial charge in [0.25, 0.3) is 0 Å². The van der Waals surface area contributed by atoms with Gasteiger partial charge in [0.1, 0.15) is 12.2 Å². The van der Waals surface area contributed by atoms with E-state index in [2.05, 4.69) is 27.1 Å². The lowest BCUT2D eigenvalue weighted by molar-refractivity contribution is 0.179. The monoisotopic (exact) mass is 246 g/mol. The minimum atomic E-state index is 0.144. The van der Waals surface area contributed by atoms with Crippen LogP contribution in [0.3, 0.4) is 0 Å². The van der Waals surface area contributed by atoms with Gasteiger partial charge in [-0.05, 0) is 5.56 Å². The summed E-state index contributed by atoms with van der Waals surface area (Å²) in [4.78, 5) is 6.36. The third kappa shape index (κ3) is 3.38. The molecule has 0 atom stereocenters. The molecule has 0 amide bonds. The first kappa shape index (κ1) is 12.7. The van der Waals surface area contributed by atoms with Crippen molar-refractivity contribution in [2.24, 2.45) is 7.05 Å². The molecule has 5 heteroatoms. The number of hydrogen-bond donors (Lipinski definition) is 1. The summed E-state index contributed by atoms with van der Waals surface area (Å²) in [5.74, 6) is 0.902. The molecule has 1 aromatic carbocycles. The fraction of sp³-hybridized carbons (Fsp3) is 0.385. The van der Waals surface area contributed by atoms with Crippen molar-refractivity contribution in [1.29, 1.82) is 0 Å². The fourth-order valence-corrected chi connectivity index (χ4v) is 1.86. The van der Waals surface area contributed by atoms with Crippen LogP contribution in [0, 0.1) is 0 Å². The Kier molecular flexibility index (Phi) is 4.44. The summed E-state index contributed by atoms with van der Waals surface area (Å²) in [7, 11) is 1.88. The zero-order valence-electron chi connectivity index (χ0n) is 10.5. The number of hydrogen-bond acceptors (Lipinski definition) is 4. The highest BCUT2D eigenvalue weighted by molar-refractivity contribution is 5.14. The minimum Gasteiger partial charge on any atom is -0.395 e. The molecule has 0 radical (unpaired) electrons. The summed E-state index contributed by atoms with van der Waals surface area (Å²) in [6.45, 7) is 2.26. The number of aromatic nitrogens is 3.